The van der Waals surface area contributed by atoms with Gasteiger partial charge in [-0.25, -0.2) is 4.79 Å². The van der Waals surface area contributed by atoms with Gasteiger partial charge in [0.05, 0.1) is 6.61 Å². The van der Waals surface area contributed by atoms with Gasteiger partial charge < -0.3 is 14.9 Å². The summed E-state index contributed by atoms with van der Waals surface area (Å²) in [4.78, 5) is 10.5. The Hall–Kier alpha value is -1.07. The van der Waals surface area contributed by atoms with Crippen LogP contribution in [0.1, 0.15) is 12.8 Å². The average Bonchev–Trinajstić information content (AvgIpc) is 1.97. The first-order valence-corrected chi connectivity index (χ1v) is 3.57. The summed E-state index contributed by atoms with van der Waals surface area (Å²) in [5.74, 6) is 0. The van der Waals surface area contributed by atoms with Crippen molar-refractivity contribution in [3.63, 3.8) is 0 Å². The Bertz CT molecular complexity index is 146. The van der Waals surface area contributed by atoms with Gasteiger partial charge in [0.2, 0.25) is 6.41 Å². The molecule has 0 rings (SSSR count). The smallest absolute Gasteiger partial charge is 0.411 e. The molecule has 0 heterocycles. The van der Waals surface area contributed by atoms with Crippen molar-refractivity contribution in [1.82, 2.24) is 5.32 Å². The first-order chi connectivity index (χ1) is 5.66. The van der Waals surface area contributed by atoms with Crippen molar-refractivity contribution < 1.29 is 19.7 Å². The van der Waals surface area contributed by atoms with Crippen molar-refractivity contribution >= 4 is 6.09 Å². The van der Waals surface area contributed by atoms with E-state index in [-0.39, 0.29) is 6.61 Å². The minimum Gasteiger partial charge on any atom is -0.449 e. The lowest BCUT2D eigenvalue weighted by Gasteiger charge is -2.06. The van der Waals surface area contributed by atoms with Crippen LogP contribution < -0.4 is 5.32 Å². The number of aliphatic hydroxyl groups excluding tert-OH is 1. The molecular formula is C7H13NO4. The molecule has 12 heavy (non-hydrogen) atoms. The molecular weight excluding hydrogens is 162 g/mol. The summed E-state index contributed by atoms with van der Waals surface area (Å²) >= 11 is 0. The SMILES string of the molecule is C=CCCCOC(=O)NC(O)O. The van der Waals surface area contributed by atoms with Crippen molar-refractivity contribution in [1.29, 1.82) is 0 Å². The molecule has 5 heteroatoms. The van der Waals surface area contributed by atoms with Gasteiger partial charge in [-0.05, 0) is 12.8 Å². The maximum atomic E-state index is 10.5. The Morgan fingerprint density at radius 2 is 2.33 bits per heavy atom. The van der Waals surface area contributed by atoms with E-state index < -0.39 is 12.5 Å². The van der Waals surface area contributed by atoms with E-state index in [1.807, 2.05) is 0 Å². The normalized spacial score (nSPS) is 9.58. The first-order valence-electron chi connectivity index (χ1n) is 3.57. The zero-order chi connectivity index (χ0) is 9.40. The second-order valence-corrected chi connectivity index (χ2v) is 2.08. The van der Waals surface area contributed by atoms with Crippen LogP contribution in [-0.2, 0) is 4.74 Å². The van der Waals surface area contributed by atoms with E-state index in [0.717, 1.165) is 6.42 Å². The molecule has 0 unspecified atom stereocenters. The Labute approximate surface area is 70.7 Å². The van der Waals surface area contributed by atoms with Gasteiger partial charge in [0.1, 0.15) is 0 Å². The number of carbonyl (C=O) groups excluding carboxylic acids is 1. The van der Waals surface area contributed by atoms with Gasteiger partial charge in [-0.1, -0.05) is 6.08 Å². The summed E-state index contributed by atoms with van der Waals surface area (Å²) in [7, 11) is 0. The molecule has 0 atom stereocenters. The Morgan fingerprint density at radius 1 is 1.67 bits per heavy atom. The molecule has 0 aliphatic carbocycles. The molecule has 0 bridgehead atoms. The molecule has 0 fully saturated rings. The number of hydrogen-bond donors (Lipinski definition) is 3. The maximum absolute atomic E-state index is 10.5. The summed E-state index contributed by atoms with van der Waals surface area (Å²) in [6, 6.07) is 0. The van der Waals surface area contributed by atoms with E-state index in [1.165, 1.54) is 0 Å². The number of allylic oxidation sites excluding steroid dienone is 1. The van der Waals surface area contributed by atoms with Crippen LogP contribution in [0, 0.1) is 0 Å². The molecule has 0 aliphatic heterocycles. The van der Waals surface area contributed by atoms with Crippen LogP contribution in [0.3, 0.4) is 0 Å². The zero-order valence-corrected chi connectivity index (χ0v) is 6.69. The summed E-state index contributed by atoms with van der Waals surface area (Å²) in [6.07, 6.45) is 0.446. The third kappa shape index (κ3) is 7.04. The van der Waals surface area contributed by atoms with Crippen molar-refractivity contribution in [3.8, 4) is 0 Å². The largest absolute Gasteiger partial charge is 0.449 e. The van der Waals surface area contributed by atoms with Crippen LogP contribution >= 0.6 is 0 Å². The highest BCUT2D eigenvalue weighted by atomic mass is 16.6. The van der Waals surface area contributed by atoms with Crippen molar-refractivity contribution in [2.45, 2.75) is 19.3 Å². The number of alkyl carbamates (subject to hydrolysis) is 1. The van der Waals surface area contributed by atoms with Crippen molar-refractivity contribution in [2.75, 3.05) is 6.61 Å². The molecule has 0 saturated heterocycles. The van der Waals surface area contributed by atoms with Crippen LogP contribution in [-0.4, -0.2) is 29.3 Å². The molecule has 0 aromatic carbocycles. The fraction of sp³-hybridized carbons (Fsp3) is 0.571. The Morgan fingerprint density at radius 3 is 2.83 bits per heavy atom. The molecule has 70 valence electrons. The molecule has 0 aromatic heterocycles. The van der Waals surface area contributed by atoms with Crippen molar-refractivity contribution in [3.05, 3.63) is 12.7 Å². The van der Waals surface area contributed by atoms with Gasteiger partial charge in [0, 0.05) is 0 Å². The fourth-order valence-electron chi connectivity index (χ4n) is 0.540. The molecule has 0 spiro atoms. The Kier molecular flexibility index (Phi) is 6.04. The maximum Gasteiger partial charge on any atom is 0.411 e. The molecule has 5 nitrogen and oxygen atoms in total. The van der Waals surface area contributed by atoms with Gasteiger partial charge in [-0.3, -0.25) is 5.32 Å². The number of unbranched alkanes of at least 4 members (excludes halogenated alkanes) is 1. The second-order valence-electron chi connectivity index (χ2n) is 2.08. The van der Waals surface area contributed by atoms with E-state index >= 15 is 0 Å². The highest BCUT2D eigenvalue weighted by Crippen LogP contribution is 1.90. The van der Waals surface area contributed by atoms with Crippen molar-refractivity contribution in [2.24, 2.45) is 0 Å². The summed E-state index contributed by atoms with van der Waals surface area (Å²) in [5, 5.41) is 18.2. The lowest BCUT2D eigenvalue weighted by molar-refractivity contribution is -0.0620. The third-order valence-electron chi connectivity index (χ3n) is 1.03. The van der Waals surface area contributed by atoms with Crippen LogP contribution in [0.4, 0.5) is 4.79 Å². The highest BCUT2D eigenvalue weighted by Gasteiger charge is 2.04. The third-order valence-corrected chi connectivity index (χ3v) is 1.03. The summed E-state index contributed by atoms with van der Waals surface area (Å²) in [6.45, 7) is 3.73. The van der Waals surface area contributed by atoms with E-state index in [1.54, 1.807) is 11.4 Å². The molecule has 0 saturated carbocycles. The van der Waals surface area contributed by atoms with E-state index in [9.17, 15) is 4.79 Å². The highest BCUT2D eigenvalue weighted by molar-refractivity contribution is 5.66. The van der Waals surface area contributed by atoms with E-state index in [2.05, 4.69) is 11.3 Å². The number of aliphatic hydroxyl groups is 2. The average molecular weight is 175 g/mol. The van der Waals surface area contributed by atoms with Gasteiger partial charge in [-0.2, -0.15) is 0 Å². The fourth-order valence-corrected chi connectivity index (χ4v) is 0.540. The van der Waals surface area contributed by atoms with Crippen LogP contribution in [0.2, 0.25) is 0 Å². The second kappa shape index (κ2) is 6.63. The predicted molar refractivity (Wildman–Crippen MR) is 42.1 cm³/mol. The van der Waals surface area contributed by atoms with Gasteiger partial charge in [0.25, 0.3) is 0 Å². The first kappa shape index (κ1) is 10.9. The van der Waals surface area contributed by atoms with Gasteiger partial charge in [-0.15, -0.1) is 6.58 Å². The molecule has 3 N–H and O–H groups in total. The minimum atomic E-state index is -1.86. The zero-order valence-electron chi connectivity index (χ0n) is 6.69. The lowest BCUT2D eigenvalue weighted by atomic mass is 10.3. The van der Waals surface area contributed by atoms with E-state index in [4.69, 9.17) is 10.2 Å². The van der Waals surface area contributed by atoms with Crippen LogP contribution in [0.5, 0.6) is 0 Å². The number of carbonyl (C=O) groups is 1. The monoisotopic (exact) mass is 175 g/mol. The summed E-state index contributed by atoms with van der Waals surface area (Å²) < 4.78 is 4.54. The molecule has 1 amide bonds. The standard InChI is InChI=1S/C7H13NO4/c1-2-3-4-5-12-7(11)8-6(9)10/h2,6,9-10H,1,3-5H2,(H,8,11). The summed E-state index contributed by atoms with van der Waals surface area (Å²) in [5.41, 5.74) is 0. The lowest BCUT2D eigenvalue weighted by Crippen LogP contribution is -2.34. The number of nitrogens with one attached hydrogen (secondary N) is 1. The number of rotatable bonds is 5. The van der Waals surface area contributed by atoms with Gasteiger partial charge in [0.15, 0.2) is 0 Å². The van der Waals surface area contributed by atoms with Crippen LogP contribution in [0.15, 0.2) is 12.7 Å². The predicted octanol–water partition coefficient (Wildman–Crippen LogP) is -0.0530. The number of hydrogen-bond acceptors (Lipinski definition) is 4. The molecule has 0 aliphatic rings. The molecule has 0 radical (unpaired) electrons. The van der Waals surface area contributed by atoms with Gasteiger partial charge >= 0.3 is 6.09 Å². The quantitative estimate of drug-likeness (QED) is 0.311. The number of ether oxygens (including phenoxy) is 1. The minimum absolute atomic E-state index is 0.241. The van der Waals surface area contributed by atoms with E-state index in [0.29, 0.717) is 6.42 Å². The molecule has 0 aromatic rings. The number of amides is 1. The topological polar surface area (TPSA) is 78.8 Å². The van der Waals surface area contributed by atoms with Crippen LogP contribution in [0.25, 0.3) is 0 Å². The Balaban J connectivity index is 3.25.